The number of rotatable bonds is 0. The lowest BCUT2D eigenvalue weighted by atomic mass is 9.88. The molecule has 26 heavy (non-hydrogen) atoms. The Morgan fingerprint density at radius 2 is 1.85 bits per heavy atom. The average molecular weight is 389 g/mol. The van der Waals surface area contributed by atoms with Crippen LogP contribution in [-0.2, 0) is 12.8 Å². The molecular weight excluding hydrogens is 371 g/mol. The van der Waals surface area contributed by atoms with E-state index in [0.717, 1.165) is 45.3 Å². The largest absolute Gasteiger partial charge is 0.465 e. The molecule has 1 aliphatic heterocycles. The first-order valence-electron chi connectivity index (χ1n) is 8.67. The number of fused-ring (bicyclic) bond motifs is 2. The number of amides is 1. The molecule has 2 aliphatic rings. The van der Waals surface area contributed by atoms with Gasteiger partial charge >= 0.3 is 6.09 Å². The molecule has 2 aromatic rings. The number of hydrogen-bond acceptors (Lipinski definition) is 2. The van der Waals surface area contributed by atoms with E-state index in [1.165, 1.54) is 16.0 Å². The summed E-state index contributed by atoms with van der Waals surface area (Å²) in [7, 11) is 0. The SMILES string of the molecule is O=C(O)N1CCC(=C2c3ccc(Cl)cc3CCc3c(Cl)ccnc32)CC1. The summed E-state index contributed by atoms with van der Waals surface area (Å²) in [5, 5.41) is 10.7. The third-order valence-corrected chi connectivity index (χ3v) is 5.80. The number of hydrogen-bond donors (Lipinski definition) is 1. The summed E-state index contributed by atoms with van der Waals surface area (Å²) in [6, 6.07) is 7.81. The molecule has 0 bridgehead atoms. The quantitative estimate of drug-likeness (QED) is 0.685. The fraction of sp³-hybridized carbons (Fsp3) is 0.300. The second kappa shape index (κ2) is 6.93. The van der Waals surface area contributed by atoms with Crippen LogP contribution in [0.1, 0.15) is 35.2 Å². The van der Waals surface area contributed by atoms with Crippen molar-refractivity contribution in [2.24, 2.45) is 0 Å². The Morgan fingerprint density at radius 3 is 2.58 bits per heavy atom. The van der Waals surface area contributed by atoms with Crippen LogP contribution in [0.3, 0.4) is 0 Å². The lowest BCUT2D eigenvalue weighted by Crippen LogP contribution is -2.35. The Bertz CT molecular complexity index is 914. The van der Waals surface area contributed by atoms with Gasteiger partial charge in [-0.25, -0.2) is 4.79 Å². The number of aromatic nitrogens is 1. The van der Waals surface area contributed by atoms with Gasteiger partial charge in [0.1, 0.15) is 0 Å². The van der Waals surface area contributed by atoms with Crippen molar-refractivity contribution >= 4 is 34.9 Å². The van der Waals surface area contributed by atoms with Crippen molar-refractivity contribution in [1.82, 2.24) is 9.88 Å². The maximum Gasteiger partial charge on any atom is 0.407 e. The van der Waals surface area contributed by atoms with Gasteiger partial charge in [0.25, 0.3) is 0 Å². The molecule has 6 heteroatoms. The summed E-state index contributed by atoms with van der Waals surface area (Å²) in [4.78, 5) is 17.4. The van der Waals surface area contributed by atoms with E-state index in [9.17, 15) is 9.90 Å². The molecule has 0 radical (unpaired) electrons. The lowest BCUT2D eigenvalue weighted by molar-refractivity contribution is 0.142. The van der Waals surface area contributed by atoms with Gasteiger partial charge in [0.2, 0.25) is 0 Å². The molecule has 1 aromatic carbocycles. The van der Waals surface area contributed by atoms with Crippen LogP contribution >= 0.6 is 23.2 Å². The molecule has 1 aromatic heterocycles. The normalized spacial score (nSPS) is 16.8. The smallest absolute Gasteiger partial charge is 0.407 e. The van der Waals surface area contributed by atoms with Crippen LogP contribution < -0.4 is 0 Å². The predicted octanol–water partition coefficient (Wildman–Crippen LogP) is 5.06. The summed E-state index contributed by atoms with van der Waals surface area (Å²) in [5.74, 6) is 0. The van der Waals surface area contributed by atoms with Crippen LogP contribution in [0, 0.1) is 0 Å². The van der Waals surface area contributed by atoms with Crippen molar-refractivity contribution in [2.75, 3.05) is 13.1 Å². The van der Waals surface area contributed by atoms with Gasteiger partial charge < -0.3 is 10.0 Å². The van der Waals surface area contributed by atoms with Crippen LogP contribution in [0.2, 0.25) is 10.0 Å². The molecule has 134 valence electrons. The zero-order valence-corrected chi connectivity index (χ0v) is 15.6. The fourth-order valence-corrected chi connectivity index (χ4v) is 4.33. The molecule has 1 fully saturated rings. The molecule has 1 aliphatic carbocycles. The van der Waals surface area contributed by atoms with Crippen molar-refractivity contribution in [3.05, 3.63) is 68.5 Å². The summed E-state index contributed by atoms with van der Waals surface area (Å²) >= 11 is 12.7. The second-order valence-corrected chi connectivity index (χ2v) is 7.51. The van der Waals surface area contributed by atoms with Gasteiger partial charge in [-0.05, 0) is 60.6 Å². The first-order valence-corrected chi connectivity index (χ1v) is 9.42. The highest BCUT2D eigenvalue weighted by Gasteiger charge is 2.27. The van der Waals surface area contributed by atoms with Crippen molar-refractivity contribution in [1.29, 1.82) is 0 Å². The number of nitrogens with zero attached hydrogens (tertiary/aromatic N) is 2. The van der Waals surface area contributed by atoms with Crippen molar-refractivity contribution in [3.63, 3.8) is 0 Å². The second-order valence-electron chi connectivity index (χ2n) is 6.67. The number of halogens is 2. The van der Waals surface area contributed by atoms with Crippen LogP contribution in [0.5, 0.6) is 0 Å². The molecule has 1 N–H and O–H groups in total. The monoisotopic (exact) mass is 388 g/mol. The maximum absolute atomic E-state index is 11.2. The number of aryl methyl sites for hydroxylation is 1. The summed E-state index contributed by atoms with van der Waals surface area (Å²) < 4.78 is 0. The molecule has 2 heterocycles. The topological polar surface area (TPSA) is 53.4 Å². The minimum atomic E-state index is -0.858. The van der Waals surface area contributed by atoms with Gasteiger partial charge in [0, 0.05) is 34.9 Å². The van der Waals surface area contributed by atoms with E-state index in [-0.39, 0.29) is 0 Å². The molecule has 0 unspecified atom stereocenters. The van der Waals surface area contributed by atoms with Crippen molar-refractivity contribution < 1.29 is 9.90 Å². The Balaban J connectivity index is 1.89. The number of piperidine rings is 1. The van der Waals surface area contributed by atoms with E-state index in [1.54, 1.807) is 6.20 Å². The van der Waals surface area contributed by atoms with E-state index in [1.807, 2.05) is 18.2 Å². The predicted molar refractivity (Wildman–Crippen MR) is 103 cm³/mol. The highest BCUT2D eigenvalue weighted by atomic mass is 35.5. The molecule has 0 spiro atoms. The Hall–Kier alpha value is -2.04. The minimum Gasteiger partial charge on any atom is -0.465 e. The number of benzene rings is 1. The van der Waals surface area contributed by atoms with Gasteiger partial charge in [-0.2, -0.15) is 0 Å². The van der Waals surface area contributed by atoms with Crippen molar-refractivity contribution in [2.45, 2.75) is 25.7 Å². The van der Waals surface area contributed by atoms with Crippen LogP contribution in [0.4, 0.5) is 4.79 Å². The molecule has 0 atom stereocenters. The van der Waals surface area contributed by atoms with Crippen LogP contribution in [0.15, 0.2) is 36.0 Å². The highest BCUT2D eigenvalue weighted by molar-refractivity contribution is 6.31. The minimum absolute atomic E-state index is 0.507. The highest BCUT2D eigenvalue weighted by Crippen LogP contribution is 2.40. The fourth-order valence-electron chi connectivity index (χ4n) is 3.90. The number of carbonyl (C=O) groups is 1. The number of pyridine rings is 1. The van der Waals surface area contributed by atoms with Gasteiger partial charge in [-0.3, -0.25) is 4.98 Å². The molecule has 1 saturated heterocycles. The van der Waals surface area contributed by atoms with Gasteiger partial charge in [-0.15, -0.1) is 0 Å². The lowest BCUT2D eigenvalue weighted by Gasteiger charge is -2.28. The Kier molecular flexibility index (Phi) is 4.63. The van der Waals surface area contributed by atoms with E-state index in [0.29, 0.717) is 25.9 Å². The Labute approximate surface area is 162 Å². The van der Waals surface area contributed by atoms with Gasteiger partial charge in [0.05, 0.1) is 5.69 Å². The third-order valence-electron chi connectivity index (χ3n) is 5.21. The number of likely N-dealkylation sites (tertiary alicyclic amines) is 1. The summed E-state index contributed by atoms with van der Waals surface area (Å²) in [6.07, 6.45) is 3.97. The summed E-state index contributed by atoms with van der Waals surface area (Å²) in [6.45, 7) is 1.01. The number of carboxylic acid groups (broad SMARTS) is 1. The molecular formula is C20H18Cl2N2O2. The molecule has 0 saturated carbocycles. The van der Waals surface area contributed by atoms with Crippen LogP contribution in [-0.4, -0.2) is 34.2 Å². The molecule has 4 nitrogen and oxygen atoms in total. The van der Waals surface area contributed by atoms with Gasteiger partial charge in [0.15, 0.2) is 0 Å². The maximum atomic E-state index is 11.2. The van der Waals surface area contributed by atoms with E-state index < -0.39 is 6.09 Å². The van der Waals surface area contributed by atoms with Gasteiger partial charge in [-0.1, -0.05) is 34.8 Å². The average Bonchev–Trinajstić information content (AvgIpc) is 2.79. The Morgan fingerprint density at radius 1 is 1.08 bits per heavy atom. The summed E-state index contributed by atoms with van der Waals surface area (Å²) in [5.41, 5.74) is 6.67. The third kappa shape index (κ3) is 3.08. The molecule has 4 rings (SSSR count). The van der Waals surface area contributed by atoms with E-state index in [2.05, 4.69) is 11.1 Å². The standard InChI is InChI=1S/C20H18Cl2N2O2/c21-14-2-4-15-13(11-14)1-3-16-17(22)5-8-23-19(16)18(15)12-6-9-24(10-7-12)20(25)26/h2,4-5,8,11H,1,3,6-7,9-10H2,(H,25,26). The van der Waals surface area contributed by atoms with Crippen molar-refractivity contribution in [3.8, 4) is 0 Å². The van der Waals surface area contributed by atoms with Crippen LogP contribution in [0.25, 0.3) is 5.57 Å². The zero-order valence-electron chi connectivity index (χ0n) is 14.1. The first-order chi connectivity index (χ1) is 12.5. The first kappa shape index (κ1) is 17.4. The zero-order chi connectivity index (χ0) is 18.3. The molecule has 1 amide bonds. The van der Waals surface area contributed by atoms with E-state index in [4.69, 9.17) is 23.2 Å². The van der Waals surface area contributed by atoms with E-state index >= 15 is 0 Å².